The highest BCUT2D eigenvalue weighted by Gasteiger charge is 2.23. The molecule has 2 rings (SSSR count). The number of benzene rings is 1. The van der Waals surface area contributed by atoms with Gasteiger partial charge in [0.2, 0.25) is 0 Å². The fourth-order valence-electron chi connectivity index (χ4n) is 2.01. The summed E-state index contributed by atoms with van der Waals surface area (Å²) in [7, 11) is 2.00. The van der Waals surface area contributed by atoms with E-state index in [1.165, 1.54) is 22.1 Å². The van der Waals surface area contributed by atoms with E-state index in [-0.39, 0.29) is 0 Å². The van der Waals surface area contributed by atoms with E-state index in [1.54, 1.807) is 0 Å². The van der Waals surface area contributed by atoms with Crippen molar-refractivity contribution in [2.45, 2.75) is 12.3 Å². The maximum Gasteiger partial charge on any atom is 0.0387 e. The van der Waals surface area contributed by atoms with Crippen molar-refractivity contribution < 1.29 is 0 Å². The maximum absolute atomic E-state index is 3.62. The summed E-state index contributed by atoms with van der Waals surface area (Å²) in [5, 5.41) is 6.64. The number of fused-ring (bicyclic) bond motifs is 1. The van der Waals surface area contributed by atoms with Gasteiger partial charge in [0.05, 0.1) is 0 Å². The van der Waals surface area contributed by atoms with Gasteiger partial charge in [0.15, 0.2) is 0 Å². The number of halogens is 1. The highest BCUT2D eigenvalue weighted by molar-refractivity contribution is 9.10. The molecule has 0 saturated carbocycles. The molecular formula is C11H15BrN2. The first-order chi connectivity index (χ1) is 6.83. The quantitative estimate of drug-likeness (QED) is 0.867. The van der Waals surface area contributed by atoms with E-state index < -0.39 is 0 Å². The molecule has 76 valence electrons. The standard InChI is InChI=1S/C11H15BrN2/c1-13-6-5-8-7-14-10-4-2-3-9(12)11(8)10/h2-4,8,13-14H,5-7H2,1H3. The summed E-state index contributed by atoms with van der Waals surface area (Å²) in [6.07, 6.45) is 1.19. The van der Waals surface area contributed by atoms with Crippen LogP contribution in [0.15, 0.2) is 22.7 Å². The third-order valence-electron chi connectivity index (χ3n) is 2.74. The lowest BCUT2D eigenvalue weighted by Gasteiger charge is -2.10. The molecule has 14 heavy (non-hydrogen) atoms. The number of hydrogen-bond donors (Lipinski definition) is 2. The number of nitrogens with one attached hydrogen (secondary N) is 2. The Morgan fingerprint density at radius 3 is 3.21 bits per heavy atom. The van der Waals surface area contributed by atoms with Gasteiger partial charge in [-0.15, -0.1) is 0 Å². The first-order valence-corrected chi connectivity index (χ1v) is 5.79. The van der Waals surface area contributed by atoms with Gasteiger partial charge in [-0.2, -0.15) is 0 Å². The lowest BCUT2D eigenvalue weighted by atomic mass is 9.98. The Balaban J connectivity index is 2.20. The molecule has 0 fully saturated rings. The average molecular weight is 255 g/mol. The Bertz CT molecular complexity index is 325. The molecule has 0 radical (unpaired) electrons. The second-order valence-corrected chi connectivity index (χ2v) is 4.53. The van der Waals surface area contributed by atoms with E-state index in [4.69, 9.17) is 0 Å². The molecule has 2 N–H and O–H groups in total. The molecular weight excluding hydrogens is 240 g/mol. The van der Waals surface area contributed by atoms with Crippen LogP contribution in [-0.2, 0) is 0 Å². The van der Waals surface area contributed by atoms with Crippen LogP contribution in [0.4, 0.5) is 5.69 Å². The van der Waals surface area contributed by atoms with Gasteiger partial charge in [0, 0.05) is 22.6 Å². The van der Waals surface area contributed by atoms with Crippen molar-refractivity contribution in [3.05, 3.63) is 28.2 Å². The zero-order valence-electron chi connectivity index (χ0n) is 8.31. The van der Waals surface area contributed by atoms with Crippen molar-refractivity contribution in [1.29, 1.82) is 0 Å². The Labute approximate surface area is 93.2 Å². The van der Waals surface area contributed by atoms with E-state index in [1.807, 2.05) is 7.05 Å². The predicted octanol–water partition coefficient (Wildman–Crippen LogP) is 2.57. The summed E-state index contributed by atoms with van der Waals surface area (Å²) < 4.78 is 1.24. The predicted molar refractivity (Wildman–Crippen MR) is 63.9 cm³/mol. The highest BCUT2D eigenvalue weighted by Crippen LogP contribution is 2.38. The van der Waals surface area contributed by atoms with E-state index in [0.717, 1.165) is 13.1 Å². The minimum atomic E-state index is 0.646. The zero-order chi connectivity index (χ0) is 9.97. The van der Waals surface area contributed by atoms with Gasteiger partial charge in [-0.25, -0.2) is 0 Å². The number of rotatable bonds is 3. The number of hydrogen-bond acceptors (Lipinski definition) is 2. The molecule has 0 spiro atoms. The summed E-state index contributed by atoms with van der Waals surface area (Å²) in [5.74, 6) is 0.646. The topological polar surface area (TPSA) is 24.1 Å². The molecule has 0 amide bonds. The normalized spacial score (nSPS) is 19.1. The summed E-state index contributed by atoms with van der Waals surface area (Å²) in [6.45, 7) is 2.15. The van der Waals surface area contributed by atoms with Crippen molar-refractivity contribution in [2.24, 2.45) is 0 Å². The monoisotopic (exact) mass is 254 g/mol. The second-order valence-electron chi connectivity index (χ2n) is 3.67. The van der Waals surface area contributed by atoms with Crippen LogP contribution in [0.25, 0.3) is 0 Å². The number of anilines is 1. The fraction of sp³-hybridized carbons (Fsp3) is 0.455. The molecule has 1 unspecified atom stereocenters. The second kappa shape index (κ2) is 4.32. The third kappa shape index (κ3) is 1.79. The molecule has 0 aromatic heterocycles. The van der Waals surface area contributed by atoms with Crippen LogP contribution in [0.3, 0.4) is 0 Å². The fourth-order valence-corrected chi connectivity index (χ4v) is 2.70. The van der Waals surface area contributed by atoms with Gasteiger partial charge in [-0.1, -0.05) is 22.0 Å². The lowest BCUT2D eigenvalue weighted by Crippen LogP contribution is -2.13. The third-order valence-corrected chi connectivity index (χ3v) is 3.43. The molecule has 1 aliphatic heterocycles. The largest absolute Gasteiger partial charge is 0.384 e. The Morgan fingerprint density at radius 2 is 2.43 bits per heavy atom. The van der Waals surface area contributed by atoms with Crippen LogP contribution in [0.2, 0.25) is 0 Å². The molecule has 1 aromatic rings. The summed E-state index contributed by atoms with van der Waals surface area (Å²) in [6, 6.07) is 6.36. The zero-order valence-corrected chi connectivity index (χ0v) is 9.89. The van der Waals surface area contributed by atoms with E-state index >= 15 is 0 Å². The molecule has 3 heteroatoms. The molecule has 1 aromatic carbocycles. The van der Waals surface area contributed by atoms with Crippen molar-refractivity contribution in [1.82, 2.24) is 5.32 Å². The Kier molecular flexibility index (Phi) is 3.08. The Morgan fingerprint density at radius 1 is 1.57 bits per heavy atom. The van der Waals surface area contributed by atoms with Crippen LogP contribution >= 0.6 is 15.9 Å². The minimum Gasteiger partial charge on any atom is -0.384 e. The van der Waals surface area contributed by atoms with Gasteiger partial charge in [-0.3, -0.25) is 0 Å². The first-order valence-electron chi connectivity index (χ1n) is 5.00. The van der Waals surface area contributed by atoms with Gasteiger partial charge in [-0.05, 0) is 37.7 Å². The van der Waals surface area contributed by atoms with Gasteiger partial charge in [0.25, 0.3) is 0 Å². The molecule has 1 aliphatic rings. The molecule has 0 saturated heterocycles. The van der Waals surface area contributed by atoms with Crippen LogP contribution in [0.1, 0.15) is 17.9 Å². The van der Waals surface area contributed by atoms with Gasteiger partial charge in [0.1, 0.15) is 0 Å². The van der Waals surface area contributed by atoms with Crippen LogP contribution < -0.4 is 10.6 Å². The van der Waals surface area contributed by atoms with Crippen LogP contribution in [0, 0.1) is 0 Å². The molecule has 0 bridgehead atoms. The summed E-state index contributed by atoms with van der Waals surface area (Å²) in [5.41, 5.74) is 2.74. The van der Waals surface area contributed by atoms with Gasteiger partial charge >= 0.3 is 0 Å². The first kappa shape index (κ1) is 9.99. The van der Waals surface area contributed by atoms with Crippen molar-refractivity contribution in [3.8, 4) is 0 Å². The molecule has 0 aliphatic carbocycles. The smallest absolute Gasteiger partial charge is 0.0387 e. The highest BCUT2D eigenvalue weighted by atomic mass is 79.9. The minimum absolute atomic E-state index is 0.646. The van der Waals surface area contributed by atoms with Crippen molar-refractivity contribution >= 4 is 21.6 Å². The van der Waals surface area contributed by atoms with Gasteiger partial charge < -0.3 is 10.6 Å². The van der Waals surface area contributed by atoms with Crippen molar-refractivity contribution in [3.63, 3.8) is 0 Å². The van der Waals surface area contributed by atoms with Crippen LogP contribution in [-0.4, -0.2) is 20.1 Å². The maximum atomic E-state index is 3.62. The van der Waals surface area contributed by atoms with E-state index in [0.29, 0.717) is 5.92 Å². The molecule has 1 atom stereocenters. The average Bonchev–Trinajstić information content (AvgIpc) is 2.59. The lowest BCUT2D eigenvalue weighted by molar-refractivity contribution is 0.632. The van der Waals surface area contributed by atoms with E-state index in [2.05, 4.69) is 44.8 Å². The summed E-state index contributed by atoms with van der Waals surface area (Å²) in [4.78, 5) is 0. The molecule has 1 heterocycles. The van der Waals surface area contributed by atoms with Crippen LogP contribution in [0.5, 0.6) is 0 Å². The van der Waals surface area contributed by atoms with Crippen molar-refractivity contribution in [2.75, 3.05) is 25.5 Å². The Hall–Kier alpha value is -0.540. The van der Waals surface area contributed by atoms with E-state index in [9.17, 15) is 0 Å². The molecule has 2 nitrogen and oxygen atoms in total. The SMILES string of the molecule is CNCCC1CNc2cccc(Br)c21. The summed E-state index contributed by atoms with van der Waals surface area (Å²) >= 11 is 3.62.